The number of benzene rings is 1. The van der Waals surface area contributed by atoms with Gasteiger partial charge in [0.15, 0.2) is 0 Å². The molecule has 0 aliphatic carbocycles. The number of nitrogens with zero attached hydrogens (tertiary/aromatic N) is 1. The largest absolute Gasteiger partial charge is 0.335 e. The average Bonchev–Trinajstić information content (AvgIpc) is 2.85. The van der Waals surface area contributed by atoms with E-state index in [4.69, 9.17) is 11.6 Å². The van der Waals surface area contributed by atoms with Crippen LogP contribution in [0.15, 0.2) is 24.3 Å². The lowest BCUT2D eigenvalue weighted by molar-refractivity contribution is 0.205. The standard InChI is InChI=1S/C14H19ClN2O/c1-11(10-12-6-2-3-7-13(12)15)16-14(18)17-8-4-5-9-17/h2-3,6-7,11H,4-5,8-10H2,1H3,(H,16,18). The first-order valence-electron chi connectivity index (χ1n) is 6.45. The zero-order chi connectivity index (χ0) is 13.0. The van der Waals surface area contributed by atoms with Gasteiger partial charge in [0.1, 0.15) is 0 Å². The van der Waals surface area contributed by atoms with Crippen molar-refractivity contribution in [2.45, 2.75) is 32.2 Å². The molecule has 3 nitrogen and oxygen atoms in total. The summed E-state index contributed by atoms with van der Waals surface area (Å²) in [6.45, 7) is 3.77. The van der Waals surface area contributed by atoms with Crippen LogP contribution < -0.4 is 5.32 Å². The topological polar surface area (TPSA) is 32.3 Å². The normalized spacial score (nSPS) is 16.7. The quantitative estimate of drug-likeness (QED) is 0.896. The van der Waals surface area contributed by atoms with E-state index < -0.39 is 0 Å². The molecule has 4 heteroatoms. The second-order valence-corrected chi connectivity index (χ2v) is 5.25. The van der Waals surface area contributed by atoms with Gasteiger partial charge in [0.25, 0.3) is 0 Å². The maximum atomic E-state index is 11.9. The van der Waals surface area contributed by atoms with E-state index in [1.807, 2.05) is 36.1 Å². The van der Waals surface area contributed by atoms with Crippen molar-refractivity contribution in [2.24, 2.45) is 0 Å². The highest BCUT2D eigenvalue weighted by Crippen LogP contribution is 2.16. The molecule has 18 heavy (non-hydrogen) atoms. The van der Waals surface area contributed by atoms with Crippen LogP contribution in [0.3, 0.4) is 0 Å². The molecule has 1 fully saturated rings. The summed E-state index contributed by atoms with van der Waals surface area (Å²) in [5.41, 5.74) is 1.08. The maximum absolute atomic E-state index is 11.9. The number of urea groups is 1. The highest BCUT2D eigenvalue weighted by Gasteiger charge is 2.19. The molecule has 1 N–H and O–H groups in total. The van der Waals surface area contributed by atoms with Crippen molar-refractivity contribution in [3.8, 4) is 0 Å². The molecule has 0 aromatic heterocycles. The van der Waals surface area contributed by atoms with Gasteiger partial charge in [-0.25, -0.2) is 4.79 Å². The molecular formula is C14H19ClN2O. The number of halogens is 1. The molecule has 0 bridgehead atoms. The van der Waals surface area contributed by atoms with Gasteiger partial charge < -0.3 is 10.2 Å². The Kier molecular flexibility index (Phi) is 4.48. The molecule has 1 aliphatic rings. The third-order valence-corrected chi connectivity index (χ3v) is 3.62. The Labute approximate surface area is 113 Å². The molecule has 2 amide bonds. The molecule has 2 rings (SSSR count). The summed E-state index contributed by atoms with van der Waals surface area (Å²) < 4.78 is 0. The Morgan fingerprint density at radius 1 is 1.39 bits per heavy atom. The van der Waals surface area contributed by atoms with E-state index in [-0.39, 0.29) is 12.1 Å². The summed E-state index contributed by atoms with van der Waals surface area (Å²) in [7, 11) is 0. The summed E-state index contributed by atoms with van der Waals surface area (Å²) in [4.78, 5) is 13.8. The third-order valence-electron chi connectivity index (χ3n) is 3.25. The van der Waals surface area contributed by atoms with Crippen LogP contribution in [0, 0.1) is 0 Å². The monoisotopic (exact) mass is 266 g/mol. The van der Waals surface area contributed by atoms with Crippen LogP contribution in [-0.2, 0) is 6.42 Å². The summed E-state index contributed by atoms with van der Waals surface area (Å²) in [5.74, 6) is 0. The van der Waals surface area contributed by atoms with Crippen molar-refractivity contribution in [3.63, 3.8) is 0 Å². The number of hydrogen-bond donors (Lipinski definition) is 1. The Hall–Kier alpha value is -1.22. The van der Waals surface area contributed by atoms with Crippen molar-refractivity contribution < 1.29 is 4.79 Å². The summed E-state index contributed by atoms with van der Waals surface area (Å²) in [6, 6.07) is 7.91. The molecule has 98 valence electrons. The van der Waals surface area contributed by atoms with Crippen LogP contribution in [-0.4, -0.2) is 30.1 Å². The molecule has 1 atom stereocenters. The van der Waals surface area contributed by atoms with Gasteiger partial charge in [0, 0.05) is 24.2 Å². The Bertz CT molecular complexity index is 416. The van der Waals surface area contributed by atoms with Crippen LogP contribution in [0.25, 0.3) is 0 Å². The first kappa shape index (κ1) is 13.2. The molecule has 1 heterocycles. The molecule has 1 saturated heterocycles. The van der Waals surface area contributed by atoms with E-state index in [9.17, 15) is 4.79 Å². The molecule has 1 aromatic carbocycles. The molecular weight excluding hydrogens is 248 g/mol. The second-order valence-electron chi connectivity index (χ2n) is 4.84. The fourth-order valence-corrected chi connectivity index (χ4v) is 2.48. The number of amides is 2. The van der Waals surface area contributed by atoms with Crippen LogP contribution in [0.5, 0.6) is 0 Å². The minimum Gasteiger partial charge on any atom is -0.335 e. The first-order chi connectivity index (χ1) is 8.66. The van der Waals surface area contributed by atoms with Gasteiger partial charge in [0.2, 0.25) is 0 Å². The van der Waals surface area contributed by atoms with Crippen molar-refractivity contribution >= 4 is 17.6 Å². The Balaban J connectivity index is 1.86. The van der Waals surface area contributed by atoms with Crippen molar-refractivity contribution in [1.29, 1.82) is 0 Å². The first-order valence-corrected chi connectivity index (χ1v) is 6.83. The lowest BCUT2D eigenvalue weighted by Gasteiger charge is -2.20. The molecule has 0 radical (unpaired) electrons. The van der Waals surface area contributed by atoms with E-state index in [0.29, 0.717) is 0 Å². The van der Waals surface area contributed by atoms with Gasteiger partial charge in [-0.05, 0) is 37.8 Å². The van der Waals surface area contributed by atoms with Crippen LogP contribution in [0.1, 0.15) is 25.3 Å². The molecule has 1 aromatic rings. The van der Waals surface area contributed by atoms with E-state index in [2.05, 4.69) is 5.32 Å². The molecule has 0 spiro atoms. The summed E-state index contributed by atoms with van der Waals surface area (Å²) >= 11 is 6.11. The zero-order valence-corrected chi connectivity index (χ0v) is 11.4. The average molecular weight is 267 g/mol. The van der Waals surface area contributed by atoms with Gasteiger partial charge in [-0.15, -0.1) is 0 Å². The lowest BCUT2D eigenvalue weighted by Crippen LogP contribution is -2.43. The number of hydrogen-bond acceptors (Lipinski definition) is 1. The van der Waals surface area contributed by atoms with E-state index in [1.165, 1.54) is 0 Å². The summed E-state index contributed by atoms with van der Waals surface area (Å²) in [6.07, 6.45) is 3.00. The predicted molar refractivity (Wildman–Crippen MR) is 74.0 cm³/mol. The highest BCUT2D eigenvalue weighted by molar-refractivity contribution is 6.31. The minimum atomic E-state index is 0.0482. The van der Waals surface area contributed by atoms with Gasteiger partial charge >= 0.3 is 6.03 Å². The van der Waals surface area contributed by atoms with Crippen molar-refractivity contribution in [2.75, 3.05) is 13.1 Å². The second kappa shape index (κ2) is 6.10. The summed E-state index contributed by atoms with van der Waals surface area (Å²) in [5, 5.41) is 3.79. The number of rotatable bonds is 3. The lowest BCUT2D eigenvalue weighted by atomic mass is 10.1. The predicted octanol–water partition coefficient (Wildman–Crippen LogP) is 3.08. The molecule has 1 aliphatic heterocycles. The smallest absolute Gasteiger partial charge is 0.317 e. The third kappa shape index (κ3) is 3.39. The number of likely N-dealkylation sites (tertiary alicyclic amines) is 1. The van der Waals surface area contributed by atoms with Crippen molar-refractivity contribution in [1.82, 2.24) is 10.2 Å². The van der Waals surface area contributed by atoms with Gasteiger partial charge in [0.05, 0.1) is 0 Å². The molecule has 1 unspecified atom stereocenters. The number of carbonyl (C=O) groups excluding carboxylic acids is 1. The van der Waals surface area contributed by atoms with Gasteiger partial charge in [-0.3, -0.25) is 0 Å². The Morgan fingerprint density at radius 2 is 2.06 bits per heavy atom. The van der Waals surface area contributed by atoms with E-state index in [1.54, 1.807) is 0 Å². The van der Waals surface area contributed by atoms with Crippen LogP contribution in [0.2, 0.25) is 5.02 Å². The van der Waals surface area contributed by atoms with Crippen LogP contribution >= 0.6 is 11.6 Å². The SMILES string of the molecule is CC(Cc1ccccc1Cl)NC(=O)N1CCCC1. The Morgan fingerprint density at radius 3 is 2.72 bits per heavy atom. The van der Waals surface area contributed by atoms with E-state index in [0.717, 1.165) is 42.9 Å². The van der Waals surface area contributed by atoms with Crippen molar-refractivity contribution in [3.05, 3.63) is 34.9 Å². The highest BCUT2D eigenvalue weighted by atomic mass is 35.5. The van der Waals surface area contributed by atoms with Gasteiger partial charge in [-0.1, -0.05) is 29.8 Å². The minimum absolute atomic E-state index is 0.0482. The fraction of sp³-hybridized carbons (Fsp3) is 0.500. The van der Waals surface area contributed by atoms with E-state index >= 15 is 0 Å². The number of nitrogens with one attached hydrogen (secondary N) is 1. The number of carbonyl (C=O) groups is 1. The fourth-order valence-electron chi connectivity index (χ4n) is 2.27. The molecule has 0 saturated carbocycles. The zero-order valence-electron chi connectivity index (χ0n) is 10.7. The maximum Gasteiger partial charge on any atom is 0.317 e. The van der Waals surface area contributed by atoms with Crippen LogP contribution in [0.4, 0.5) is 4.79 Å². The van der Waals surface area contributed by atoms with Gasteiger partial charge in [-0.2, -0.15) is 0 Å².